The Morgan fingerprint density at radius 2 is 0.632 bits per heavy atom. The van der Waals surface area contributed by atoms with Crippen LogP contribution in [-0.2, 0) is 0 Å². The van der Waals surface area contributed by atoms with Crippen LogP contribution in [0.4, 0.5) is 0 Å². The number of aromatic nitrogens is 7. The average molecular weight is 970 g/mol. The summed E-state index contributed by atoms with van der Waals surface area (Å²) in [4.78, 5) is 15.7. The van der Waals surface area contributed by atoms with E-state index in [1.54, 1.807) is 0 Å². The molecule has 0 aliphatic carbocycles. The third-order valence-corrected chi connectivity index (χ3v) is 15.4. The van der Waals surface area contributed by atoms with Gasteiger partial charge in [0.2, 0.25) is 0 Å². The molecule has 354 valence electrons. The minimum atomic E-state index is 0.606. The van der Waals surface area contributed by atoms with E-state index in [9.17, 15) is 0 Å². The Morgan fingerprint density at radius 1 is 0.224 bits per heavy atom. The Kier molecular flexibility index (Phi) is 9.20. The average Bonchev–Trinajstić information content (AvgIpc) is 4.24. The SMILES string of the molecule is c1ccc(-c2nc(-c3ccccc3)nc(-c3cccc4c5c(ccc6c7cc(-n8c9ccccc9c9ccc%10c(c%11ccccc%11n%10-c%10ccccc%10)c98)ccc7n(-c7ccccc7)c65)n(-c5ccccc5)c34)n2)cc1. The quantitative estimate of drug-likeness (QED) is 0.160. The maximum atomic E-state index is 5.30. The Hall–Kier alpha value is -10.4. The molecule has 0 aliphatic heterocycles. The lowest BCUT2D eigenvalue weighted by molar-refractivity contribution is 1.07. The molecule has 0 N–H and O–H groups in total. The monoisotopic (exact) mass is 969 g/mol. The molecule has 0 atom stereocenters. The van der Waals surface area contributed by atoms with Crippen LogP contribution >= 0.6 is 0 Å². The van der Waals surface area contributed by atoms with Crippen LogP contribution in [0.3, 0.4) is 0 Å². The molecule has 16 aromatic rings. The molecule has 7 heteroatoms. The lowest BCUT2D eigenvalue weighted by atomic mass is 10.0. The van der Waals surface area contributed by atoms with Crippen LogP contribution in [0.1, 0.15) is 0 Å². The first-order valence-electron chi connectivity index (χ1n) is 25.8. The van der Waals surface area contributed by atoms with Gasteiger partial charge in [-0.3, -0.25) is 0 Å². The number of hydrogen-bond donors (Lipinski definition) is 0. The first kappa shape index (κ1) is 42.2. The summed E-state index contributed by atoms with van der Waals surface area (Å²) in [5.74, 6) is 1.85. The number of benzene rings is 11. The van der Waals surface area contributed by atoms with Crippen LogP contribution in [0.25, 0.3) is 144 Å². The van der Waals surface area contributed by atoms with Gasteiger partial charge in [0.15, 0.2) is 17.5 Å². The zero-order chi connectivity index (χ0) is 49.8. The second kappa shape index (κ2) is 16.6. The summed E-state index contributed by atoms with van der Waals surface area (Å²) >= 11 is 0. The minimum absolute atomic E-state index is 0.606. The molecular weight excluding hydrogens is 927 g/mol. The van der Waals surface area contributed by atoms with Gasteiger partial charge in [-0.15, -0.1) is 0 Å². The summed E-state index contributed by atoms with van der Waals surface area (Å²) in [6.45, 7) is 0. The zero-order valence-corrected chi connectivity index (χ0v) is 41.0. The standard InChI is InChI=1S/C69H43N7/c1-6-21-44(22-7-1)67-70-68(45-23-8-2-9-24-45)72-69(71-67)55-34-20-33-54-63-61(75(64(54)55)48-29-14-5-15-30-48)42-39-52-56-43-49(37-40-59(56)74(66(52)63)47-27-12-4-13-28-47)76-57-35-18-16-31-50(57)51-38-41-60-62(65(51)76)53-32-17-19-36-58(53)73(60)46-25-10-3-11-26-46/h1-43H. The third kappa shape index (κ3) is 6.20. The molecule has 16 rings (SSSR count). The Labute approximate surface area is 436 Å². The van der Waals surface area contributed by atoms with E-state index in [1.807, 2.05) is 36.4 Å². The fraction of sp³-hybridized carbons (Fsp3) is 0. The summed E-state index contributed by atoms with van der Waals surface area (Å²) in [5.41, 5.74) is 16.2. The number of fused-ring (bicyclic) bond motifs is 14. The van der Waals surface area contributed by atoms with E-state index in [1.165, 1.54) is 38.1 Å². The lowest BCUT2D eigenvalue weighted by Gasteiger charge is -2.12. The molecule has 0 saturated carbocycles. The van der Waals surface area contributed by atoms with E-state index < -0.39 is 0 Å². The predicted octanol–water partition coefficient (Wildman–Crippen LogP) is 17.3. The van der Waals surface area contributed by atoms with Crippen molar-refractivity contribution in [2.24, 2.45) is 0 Å². The van der Waals surface area contributed by atoms with Crippen molar-refractivity contribution in [2.75, 3.05) is 0 Å². The highest BCUT2D eigenvalue weighted by Crippen LogP contribution is 2.47. The maximum absolute atomic E-state index is 5.30. The topological polar surface area (TPSA) is 58.4 Å². The molecule has 0 fully saturated rings. The summed E-state index contributed by atoms with van der Waals surface area (Å²) in [7, 11) is 0. The molecule has 11 aromatic carbocycles. The van der Waals surface area contributed by atoms with Crippen molar-refractivity contribution in [1.82, 2.24) is 33.2 Å². The molecule has 0 bridgehead atoms. The number of nitrogens with zero attached hydrogens (tertiary/aromatic N) is 7. The summed E-state index contributed by atoms with van der Waals surface area (Å²) in [5, 5.41) is 9.47. The van der Waals surface area contributed by atoms with Gasteiger partial charge in [-0.2, -0.15) is 0 Å². The van der Waals surface area contributed by atoms with Crippen LogP contribution in [0.2, 0.25) is 0 Å². The normalized spacial score (nSPS) is 11.9. The van der Waals surface area contributed by atoms with E-state index in [2.05, 4.69) is 243 Å². The zero-order valence-electron chi connectivity index (χ0n) is 41.0. The molecular formula is C69H43N7. The van der Waals surface area contributed by atoms with Crippen molar-refractivity contribution in [3.05, 3.63) is 261 Å². The van der Waals surface area contributed by atoms with E-state index in [0.717, 1.165) is 88.6 Å². The van der Waals surface area contributed by atoms with Gasteiger partial charge in [-0.05, 0) is 84.9 Å². The smallest absolute Gasteiger partial charge is 0.166 e. The van der Waals surface area contributed by atoms with Crippen molar-refractivity contribution in [3.8, 4) is 56.9 Å². The van der Waals surface area contributed by atoms with Gasteiger partial charge < -0.3 is 18.3 Å². The second-order valence-electron chi connectivity index (χ2n) is 19.5. The molecule has 0 spiro atoms. The molecule has 0 unspecified atom stereocenters. The van der Waals surface area contributed by atoms with E-state index >= 15 is 0 Å². The van der Waals surface area contributed by atoms with E-state index in [0.29, 0.717) is 17.5 Å². The molecule has 0 radical (unpaired) electrons. The van der Waals surface area contributed by atoms with Gasteiger partial charge in [0.25, 0.3) is 0 Å². The van der Waals surface area contributed by atoms with Crippen LogP contribution in [0.15, 0.2) is 261 Å². The fourth-order valence-corrected chi connectivity index (χ4v) is 12.2. The highest BCUT2D eigenvalue weighted by molar-refractivity contribution is 6.29. The molecule has 0 aliphatic rings. The molecule has 0 saturated heterocycles. The van der Waals surface area contributed by atoms with Crippen molar-refractivity contribution in [1.29, 1.82) is 0 Å². The molecule has 5 aromatic heterocycles. The van der Waals surface area contributed by atoms with Crippen molar-refractivity contribution >= 4 is 87.2 Å². The number of rotatable bonds is 7. The minimum Gasteiger partial charge on any atom is -0.309 e. The second-order valence-corrected chi connectivity index (χ2v) is 19.5. The third-order valence-electron chi connectivity index (χ3n) is 15.4. The van der Waals surface area contributed by atoms with Crippen LogP contribution in [0, 0.1) is 0 Å². The highest BCUT2D eigenvalue weighted by atomic mass is 15.1. The van der Waals surface area contributed by atoms with Crippen LogP contribution in [-0.4, -0.2) is 33.2 Å². The molecule has 7 nitrogen and oxygen atoms in total. The molecule has 76 heavy (non-hydrogen) atoms. The molecule has 0 amide bonds. The van der Waals surface area contributed by atoms with E-state index in [-0.39, 0.29) is 0 Å². The van der Waals surface area contributed by atoms with Gasteiger partial charge in [-0.1, -0.05) is 176 Å². The van der Waals surface area contributed by atoms with Crippen molar-refractivity contribution in [3.63, 3.8) is 0 Å². The Morgan fingerprint density at radius 3 is 1.24 bits per heavy atom. The lowest BCUT2D eigenvalue weighted by Crippen LogP contribution is -2.02. The first-order valence-corrected chi connectivity index (χ1v) is 25.8. The Bertz CT molecular complexity index is 4900. The van der Waals surface area contributed by atoms with Gasteiger partial charge in [0.05, 0.1) is 44.1 Å². The highest BCUT2D eigenvalue weighted by Gasteiger charge is 2.26. The molecule has 5 heterocycles. The van der Waals surface area contributed by atoms with Gasteiger partial charge in [-0.25, -0.2) is 15.0 Å². The predicted molar refractivity (Wildman–Crippen MR) is 313 cm³/mol. The summed E-state index contributed by atoms with van der Waals surface area (Å²) < 4.78 is 9.80. The number of para-hydroxylation sites is 6. The van der Waals surface area contributed by atoms with Crippen LogP contribution in [0.5, 0.6) is 0 Å². The van der Waals surface area contributed by atoms with Gasteiger partial charge in [0.1, 0.15) is 0 Å². The fourth-order valence-electron chi connectivity index (χ4n) is 12.2. The first-order chi connectivity index (χ1) is 37.7. The Balaban J connectivity index is 1.01. The number of hydrogen-bond acceptors (Lipinski definition) is 3. The maximum Gasteiger partial charge on any atom is 0.166 e. The van der Waals surface area contributed by atoms with Crippen LogP contribution < -0.4 is 0 Å². The van der Waals surface area contributed by atoms with Gasteiger partial charge in [0, 0.05) is 82.5 Å². The summed E-state index contributed by atoms with van der Waals surface area (Å²) in [6.07, 6.45) is 0. The van der Waals surface area contributed by atoms with E-state index in [4.69, 9.17) is 15.0 Å². The van der Waals surface area contributed by atoms with Crippen molar-refractivity contribution in [2.45, 2.75) is 0 Å². The van der Waals surface area contributed by atoms with Crippen molar-refractivity contribution < 1.29 is 0 Å². The van der Waals surface area contributed by atoms with Gasteiger partial charge >= 0.3 is 0 Å². The largest absolute Gasteiger partial charge is 0.309 e. The summed E-state index contributed by atoms with van der Waals surface area (Å²) in [6, 6.07) is 93.3.